The van der Waals surface area contributed by atoms with E-state index in [-0.39, 0.29) is 5.75 Å². The minimum absolute atomic E-state index is 0.157. The number of phenolic OH excluding ortho intramolecular Hbond substituents is 1. The number of aromatic nitrogens is 1. The van der Waals surface area contributed by atoms with E-state index < -0.39 is 0 Å². The molecule has 0 saturated heterocycles. The van der Waals surface area contributed by atoms with Crippen LogP contribution in [0.4, 0.5) is 10.9 Å². The molecule has 106 valence electrons. The molecule has 0 fully saturated rings. The number of methoxy groups -OCH3 is 1. The molecule has 0 aliphatic rings. The average molecular weight is 292 g/mol. The summed E-state index contributed by atoms with van der Waals surface area (Å²) in [5.41, 5.74) is 10.6. The number of nitrogens with two attached hydrogens (primary N) is 1. The number of ether oxygens (including phenoxy) is 1. The van der Waals surface area contributed by atoms with E-state index in [0.717, 1.165) is 16.9 Å². The Labute approximate surface area is 120 Å². The van der Waals surface area contributed by atoms with Crippen LogP contribution in [0.3, 0.4) is 0 Å². The number of nitrogens with one attached hydrogen (secondary N) is 1. The van der Waals surface area contributed by atoms with Gasteiger partial charge in [-0.1, -0.05) is 0 Å². The molecule has 2 aromatic rings. The fourth-order valence-electron chi connectivity index (χ4n) is 1.93. The minimum atomic E-state index is 0.157. The Bertz CT molecular complexity index is 652. The second-order valence-electron chi connectivity index (χ2n) is 4.23. The number of benzene rings is 1. The van der Waals surface area contributed by atoms with Crippen LogP contribution in [-0.4, -0.2) is 23.4 Å². The summed E-state index contributed by atoms with van der Waals surface area (Å²) < 4.78 is 5.32. The maximum Gasteiger partial charge on any atom is 0.205 e. The van der Waals surface area contributed by atoms with Crippen LogP contribution < -0.4 is 15.9 Å². The van der Waals surface area contributed by atoms with Crippen molar-refractivity contribution in [1.29, 1.82) is 0 Å². The van der Waals surface area contributed by atoms with E-state index in [1.165, 1.54) is 17.6 Å². The molecule has 0 bridgehead atoms. The number of nitrogens with zero attached hydrogens (tertiary/aromatic N) is 2. The summed E-state index contributed by atoms with van der Waals surface area (Å²) in [4.78, 5) is 4.02. The lowest BCUT2D eigenvalue weighted by Gasteiger charge is -2.12. The SMILES string of the molecule is COc1c(C)cc(O)c(C=NNc2nc(N)cs2)c1C. The second-order valence-corrected chi connectivity index (χ2v) is 5.09. The van der Waals surface area contributed by atoms with Gasteiger partial charge in [-0.15, -0.1) is 11.3 Å². The van der Waals surface area contributed by atoms with Gasteiger partial charge in [-0.25, -0.2) is 4.98 Å². The number of aryl methyl sites for hydroxylation is 1. The fourth-order valence-corrected chi connectivity index (χ4v) is 2.47. The smallest absolute Gasteiger partial charge is 0.205 e. The first kappa shape index (κ1) is 14.1. The Balaban J connectivity index is 2.24. The molecular formula is C13H16N4O2S. The summed E-state index contributed by atoms with van der Waals surface area (Å²) in [6.45, 7) is 3.75. The monoisotopic (exact) mass is 292 g/mol. The van der Waals surface area contributed by atoms with Gasteiger partial charge in [0.15, 0.2) is 0 Å². The first-order valence-electron chi connectivity index (χ1n) is 5.90. The van der Waals surface area contributed by atoms with Crippen LogP contribution in [0.25, 0.3) is 0 Å². The lowest BCUT2D eigenvalue weighted by Crippen LogP contribution is -1.98. The molecule has 0 aliphatic heterocycles. The molecule has 0 spiro atoms. The van der Waals surface area contributed by atoms with E-state index in [1.807, 2.05) is 13.8 Å². The molecule has 1 aromatic carbocycles. The van der Waals surface area contributed by atoms with Gasteiger partial charge in [-0.05, 0) is 25.5 Å². The zero-order chi connectivity index (χ0) is 14.7. The molecular weight excluding hydrogens is 276 g/mol. The van der Waals surface area contributed by atoms with Crippen molar-refractivity contribution < 1.29 is 9.84 Å². The summed E-state index contributed by atoms with van der Waals surface area (Å²) in [6.07, 6.45) is 1.53. The Morgan fingerprint density at radius 1 is 1.50 bits per heavy atom. The Morgan fingerprint density at radius 3 is 2.85 bits per heavy atom. The maximum absolute atomic E-state index is 9.99. The van der Waals surface area contributed by atoms with Gasteiger partial charge < -0.3 is 15.6 Å². The Kier molecular flexibility index (Phi) is 4.09. The zero-order valence-electron chi connectivity index (χ0n) is 11.5. The number of thiazole rings is 1. The topological polar surface area (TPSA) is 92.8 Å². The number of aromatic hydroxyl groups is 1. The van der Waals surface area contributed by atoms with Gasteiger partial charge in [-0.3, -0.25) is 5.43 Å². The molecule has 1 aromatic heterocycles. The first-order chi connectivity index (χ1) is 9.52. The molecule has 7 heteroatoms. The summed E-state index contributed by atoms with van der Waals surface area (Å²) >= 11 is 1.36. The third kappa shape index (κ3) is 2.83. The maximum atomic E-state index is 9.99. The predicted molar refractivity (Wildman–Crippen MR) is 81.9 cm³/mol. The van der Waals surface area contributed by atoms with Crippen LogP contribution in [0.15, 0.2) is 16.5 Å². The lowest BCUT2D eigenvalue weighted by atomic mass is 10.0. The van der Waals surface area contributed by atoms with E-state index in [4.69, 9.17) is 10.5 Å². The van der Waals surface area contributed by atoms with Gasteiger partial charge >= 0.3 is 0 Å². The average Bonchev–Trinajstić information content (AvgIpc) is 2.79. The number of hydrazone groups is 1. The molecule has 0 amide bonds. The van der Waals surface area contributed by atoms with Crippen molar-refractivity contribution in [3.05, 3.63) is 28.1 Å². The molecule has 0 atom stereocenters. The van der Waals surface area contributed by atoms with Gasteiger partial charge in [0.05, 0.1) is 13.3 Å². The molecule has 0 radical (unpaired) electrons. The Morgan fingerprint density at radius 2 is 2.25 bits per heavy atom. The van der Waals surface area contributed by atoms with Gasteiger partial charge in [0.25, 0.3) is 0 Å². The first-order valence-corrected chi connectivity index (χ1v) is 6.78. The van der Waals surface area contributed by atoms with Crippen LogP contribution in [0.1, 0.15) is 16.7 Å². The van der Waals surface area contributed by atoms with E-state index in [9.17, 15) is 5.11 Å². The van der Waals surface area contributed by atoms with Gasteiger partial charge in [0.1, 0.15) is 17.3 Å². The highest BCUT2D eigenvalue weighted by Crippen LogP contribution is 2.31. The standard InChI is InChI=1S/C13H16N4O2S/c1-7-4-10(18)9(8(2)12(7)19-3)5-15-17-13-16-11(14)6-20-13/h4-6,18H,14H2,1-3H3,(H,16,17). The van der Waals surface area contributed by atoms with Crippen molar-refractivity contribution in [2.45, 2.75) is 13.8 Å². The zero-order valence-corrected chi connectivity index (χ0v) is 12.3. The van der Waals surface area contributed by atoms with Crippen LogP contribution in [0, 0.1) is 13.8 Å². The number of anilines is 2. The van der Waals surface area contributed by atoms with Crippen LogP contribution >= 0.6 is 11.3 Å². The fraction of sp³-hybridized carbons (Fsp3) is 0.231. The van der Waals surface area contributed by atoms with E-state index in [0.29, 0.717) is 16.5 Å². The van der Waals surface area contributed by atoms with Crippen LogP contribution in [-0.2, 0) is 0 Å². The highest BCUT2D eigenvalue weighted by Gasteiger charge is 2.11. The minimum Gasteiger partial charge on any atom is -0.507 e. The molecule has 1 heterocycles. The highest BCUT2D eigenvalue weighted by atomic mass is 32.1. The molecule has 0 saturated carbocycles. The summed E-state index contributed by atoms with van der Waals surface area (Å²) in [7, 11) is 1.60. The van der Waals surface area contributed by atoms with Crippen molar-refractivity contribution in [3.63, 3.8) is 0 Å². The van der Waals surface area contributed by atoms with Crippen molar-refractivity contribution in [3.8, 4) is 11.5 Å². The largest absolute Gasteiger partial charge is 0.507 e. The summed E-state index contributed by atoms with van der Waals surface area (Å²) in [5, 5.41) is 16.3. The molecule has 6 nitrogen and oxygen atoms in total. The number of hydrogen-bond donors (Lipinski definition) is 3. The third-order valence-corrected chi connectivity index (χ3v) is 3.58. The Hall–Kier alpha value is -2.28. The predicted octanol–water partition coefficient (Wildman–Crippen LogP) is 2.50. The van der Waals surface area contributed by atoms with Crippen LogP contribution in [0.2, 0.25) is 0 Å². The normalized spacial score (nSPS) is 10.9. The number of phenols is 1. The summed E-state index contributed by atoms with van der Waals surface area (Å²) in [6, 6.07) is 1.65. The molecule has 2 rings (SSSR count). The number of rotatable bonds is 4. The summed E-state index contributed by atoms with van der Waals surface area (Å²) in [5.74, 6) is 1.34. The van der Waals surface area contributed by atoms with Crippen molar-refractivity contribution in [1.82, 2.24) is 4.98 Å². The van der Waals surface area contributed by atoms with E-state index in [1.54, 1.807) is 18.6 Å². The quantitative estimate of drug-likeness (QED) is 0.594. The van der Waals surface area contributed by atoms with Crippen LogP contribution in [0.5, 0.6) is 11.5 Å². The number of hydrogen-bond acceptors (Lipinski definition) is 7. The highest BCUT2D eigenvalue weighted by molar-refractivity contribution is 7.14. The van der Waals surface area contributed by atoms with Gasteiger partial charge in [-0.2, -0.15) is 5.10 Å². The molecule has 0 unspecified atom stereocenters. The van der Waals surface area contributed by atoms with Crippen molar-refractivity contribution in [2.75, 3.05) is 18.3 Å². The third-order valence-electron chi connectivity index (χ3n) is 2.81. The lowest BCUT2D eigenvalue weighted by molar-refractivity contribution is 0.405. The van der Waals surface area contributed by atoms with Crippen molar-refractivity contribution in [2.24, 2.45) is 5.10 Å². The second kappa shape index (κ2) is 5.79. The van der Waals surface area contributed by atoms with Gasteiger partial charge in [0, 0.05) is 16.5 Å². The van der Waals surface area contributed by atoms with E-state index in [2.05, 4.69) is 15.5 Å². The van der Waals surface area contributed by atoms with Gasteiger partial charge in [0.2, 0.25) is 5.13 Å². The molecule has 0 aliphatic carbocycles. The number of nitrogen functional groups attached to an aromatic ring is 1. The van der Waals surface area contributed by atoms with Crippen molar-refractivity contribution >= 4 is 28.5 Å². The molecule has 20 heavy (non-hydrogen) atoms. The van der Waals surface area contributed by atoms with E-state index >= 15 is 0 Å². The molecule has 4 N–H and O–H groups in total.